The summed E-state index contributed by atoms with van der Waals surface area (Å²) in [6.07, 6.45) is 8.77. The molecule has 1 amide bonds. The number of carbonyl (C=O) groups is 2. The van der Waals surface area contributed by atoms with Gasteiger partial charge in [-0.05, 0) is 78.7 Å². The Hall–Kier alpha value is -2.40. The molecule has 2 aliphatic rings. The largest absolute Gasteiger partial charge is 0.480 e. The van der Waals surface area contributed by atoms with Gasteiger partial charge in [0.1, 0.15) is 15.9 Å². The number of sulfone groups is 1. The van der Waals surface area contributed by atoms with Crippen LogP contribution in [0.5, 0.6) is 0 Å². The van der Waals surface area contributed by atoms with Gasteiger partial charge in [0, 0.05) is 43.3 Å². The van der Waals surface area contributed by atoms with Gasteiger partial charge in [-0.1, -0.05) is 57.0 Å². The van der Waals surface area contributed by atoms with Crippen LogP contribution in [-0.4, -0.2) is 85.7 Å². The summed E-state index contributed by atoms with van der Waals surface area (Å²) >= 11 is 2.12. The van der Waals surface area contributed by atoms with Crippen molar-refractivity contribution >= 4 is 33.5 Å². The number of aliphatic carboxylic acids is 1. The maximum atomic E-state index is 13.5. The number of methoxy groups -OCH3 is 1. The van der Waals surface area contributed by atoms with E-state index >= 15 is 0 Å². The predicted molar refractivity (Wildman–Crippen MR) is 180 cm³/mol. The molecule has 3 atom stereocenters. The van der Waals surface area contributed by atoms with Crippen molar-refractivity contribution in [2.45, 2.75) is 83.2 Å². The molecule has 1 aliphatic carbocycles. The van der Waals surface area contributed by atoms with Gasteiger partial charge >= 0.3 is 5.97 Å². The first-order valence-electron chi connectivity index (χ1n) is 15.3. The van der Waals surface area contributed by atoms with E-state index in [1.807, 2.05) is 43.3 Å². The van der Waals surface area contributed by atoms with Gasteiger partial charge in [0.25, 0.3) is 5.91 Å². The van der Waals surface area contributed by atoms with E-state index in [1.165, 1.54) is 37.9 Å². The molecule has 2 aromatic carbocycles. The SMILES string of the molecule is C.COC[C@@H]1C[C@@H](SCC2CCCCC2)CN1Cc1ccc(C(=O)N[C@@H](CCS(C)(=O)=O)C(=O)O)c(-c2ccccc2C)c1. The standard InChI is InChI=1S/C33H46N2O6S2.CH4/c1-23-9-7-8-12-28(23)30-17-25(13-14-29(30)32(36)34-31(33(37)38)15-16-43(3,39)40)19-35-20-27(18-26(35)21-41-2)42-22-24-10-5-4-6-11-24;/h7-9,12-14,17,24,26-27,31H,4-6,10-11,15-16,18-22H2,1-3H3,(H,34,36)(H,37,38);1H4/t26-,27+,31-;/m0./s1. The van der Waals surface area contributed by atoms with E-state index in [0.29, 0.717) is 23.5 Å². The molecule has 0 bridgehead atoms. The van der Waals surface area contributed by atoms with Crippen molar-refractivity contribution in [1.29, 1.82) is 0 Å². The van der Waals surface area contributed by atoms with Crippen LogP contribution in [0.4, 0.5) is 0 Å². The first-order chi connectivity index (χ1) is 20.5. The molecule has 0 aromatic heterocycles. The number of amides is 1. The normalized spacial score (nSPS) is 20.2. The van der Waals surface area contributed by atoms with Gasteiger partial charge in [-0.2, -0.15) is 11.8 Å². The molecule has 0 radical (unpaired) electrons. The molecule has 2 fully saturated rings. The first kappa shape index (κ1) is 36.1. The molecule has 4 rings (SSSR count). The van der Waals surface area contributed by atoms with E-state index in [2.05, 4.69) is 22.0 Å². The van der Waals surface area contributed by atoms with Crippen LogP contribution >= 0.6 is 11.8 Å². The molecule has 0 unspecified atom stereocenters. The quantitative estimate of drug-likeness (QED) is 0.264. The molecule has 1 heterocycles. The van der Waals surface area contributed by atoms with Gasteiger partial charge in [-0.15, -0.1) is 0 Å². The minimum atomic E-state index is -3.38. The van der Waals surface area contributed by atoms with Crippen molar-refractivity contribution in [2.75, 3.05) is 38.0 Å². The van der Waals surface area contributed by atoms with Crippen LogP contribution < -0.4 is 5.32 Å². The fourth-order valence-corrected chi connectivity index (χ4v) is 8.49. The van der Waals surface area contributed by atoms with Gasteiger partial charge < -0.3 is 15.2 Å². The molecule has 2 aromatic rings. The summed E-state index contributed by atoms with van der Waals surface area (Å²) in [5, 5.41) is 12.8. The number of benzene rings is 2. The van der Waals surface area contributed by atoms with E-state index in [9.17, 15) is 23.1 Å². The molecular formula is C34H50N2O6S2. The zero-order chi connectivity index (χ0) is 31.0. The summed E-state index contributed by atoms with van der Waals surface area (Å²) in [6, 6.07) is 12.6. The Labute approximate surface area is 268 Å². The van der Waals surface area contributed by atoms with Crippen LogP contribution in [0.25, 0.3) is 11.1 Å². The maximum absolute atomic E-state index is 13.5. The monoisotopic (exact) mass is 646 g/mol. The van der Waals surface area contributed by atoms with E-state index in [1.54, 1.807) is 13.2 Å². The summed E-state index contributed by atoms with van der Waals surface area (Å²) < 4.78 is 28.9. The Bertz CT molecular complexity index is 1360. The van der Waals surface area contributed by atoms with Gasteiger partial charge in [0.15, 0.2) is 0 Å². The lowest BCUT2D eigenvalue weighted by atomic mass is 9.91. The number of ether oxygens (including phenoxy) is 1. The summed E-state index contributed by atoms with van der Waals surface area (Å²) in [4.78, 5) is 27.8. The second-order valence-electron chi connectivity index (χ2n) is 12.2. The Kier molecular flexibility index (Phi) is 13.8. The Morgan fingerprint density at radius 3 is 2.50 bits per heavy atom. The van der Waals surface area contributed by atoms with Crippen molar-refractivity contribution in [3.63, 3.8) is 0 Å². The summed E-state index contributed by atoms with van der Waals surface area (Å²) in [5.41, 5.74) is 4.05. The number of hydrogen-bond donors (Lipinski definition) is 2. The summed E-state index contributed by atoms with van der Waals surface area (Å²) in [5.74, 6) is -0.0487. The van der Waals surface area contributed by atoms with Gasteiger partial charge in [-0.3, -0.25) is 9.69 Å². The number of nitrogens with zero attached hydrogens (tertiary/aromatic N) is 1. The Morgan fingerprint density at radius 1 is 1.11 bits per heavy atom. The average molecular weight is 647 g/mol. The van der Waals surface area contributed by atoms with Crippen LogP contribution in [0.15, 0.2) is 42.5 Å². The highest BCUT2D eigenvalue weighted by atomic mass is 32.2. The van der Waals surface area contributed by atoms with Crippen LogP contribution in [0.1, 0.15) is 73.9 Å². The minimum Gasteiger partial charge on any atom is -0.480 e. The maximum Gasteiger partial charge on any atom is 0.326 e. The predicted octanol–water partition coefficient (Wildman–Crippen LogP) is 5.82. The van der Waals surface area contributed by atoms with Crippen molar-refractivity contribution in [3.8, 4) is 11.1 Å². The van der Waals surface area contributed by atoms with E-state index in [0.717, 1.165) is 53.9 Å². The zero-order valence-corrected chi connectivity index (χ0v) is 27.2. The number of aryl methyl sites for hydroxylation is 1. The molecule has 244 valence electrons. The fourth-order valence-electron chi connectivity index (χ4n) is 6.29. The van der Waals surface area contributed by atoms with Crippen molar-refractivity contribution in [1.82, 2.24) is 10.2 Å². The third-order valence-corrected chi connectivity index (χ3v) is 11.1. The van der Waals surface area contributed by atoms with E-state index < -0.39 is 27.8 Å². The molecule has 1 saturated heterocycles. The van der Waals surface area contributed by atoms with E-state index in [-0.39, 0.29) is 19.6 Å². The topological polar surface area (TPSA) is 113 Å². The van der Waals surface area contributed by atoms with Crippen molar-refractivity contribution < 1.29 is 27.9 Å². The van der Waals surface area contributed by atoms with Gasteiger partial charge in [-0.25, -0.2) is 13.2 Å². The third-order valence-electron chi connectivity index (χ3n) is 8.67. The number of carboxylic acid groups (broad SMARTS) is 1. The molecular weight excluding hydrogens is 597 g/mol. The van der Waals surface area contributed by atoms with Crippen molar-refractivity contribution in [2.24, 2.45) is 5.92 Å². The molecule has 2 N–H and O–H groups in total. The number of likely N-dealkylation sites (tertiary alicyclic amines) is 1. The highest BCUT2D eigenvalue weighted by molar-refractivity contribution is 7.99. The van der Waals surface area contributed by atoms with Crippen LogP contribution in [0.2, 0.25) is 0 Å². The second kappa shape index (κ2) is 16.8. The number of hydrogen-bond acceptors (Lipinski definition) is 7. The number of carbonyl (C=O) groups excluding carboxylic acids is 1. The van der Waals surface area contributed by atoms with Crippen LogP contribution in [0.3, 0.4) is 0 Å². The average Bonchev–Trinajstić information content (AvgIpc) is 3.35. The number of carboxylic acids is 1. The van der Waals surface area contributed by atoms with Crippen LogP contribution in [0, 0.1) is 12.8 Å². The van der Waals surface area contributed by atoms with E-state index in [4.69, 9.17) is 4.74 Å². The lowest BCUT2D eigenvalue weighted by Crippen LogP contribution is -2.42. The van der Waals surface area contributed by atoms with Crippen molar-refractivity contribution in [3.05, 3.63) is 59.2 Å². The highest BCUT2D eigenvalue weighted by Crippen LogP contribution is 2.35. The number of thioether (sulfide) groups is 1. The highest BCUT2D eigenvalue weighted by Gasteiger charge is 2.33. The third kappa shape index (κ3) is 10.3. The van der Waals surface area contributed by atoms with Gasteiger partial charge in [0.05, 0.1) is 12.4 Å². The zero-order valence-electron chi connectivity index (χ0n) is 25.6. The number of nitrogens with one attached hydrogen (secondary N) is 1. The first-order valence-corrected chi connectivity index (χ1v) is 18.4. The minimum absolute atomic E-state index is 0. The van der Waals surface area contributed by atoms with Gasteiger partial charge in [0.2, 0.25) is 0 Å². The van der Waals surface area contributed by atoms with Crippen LogP contribution in [-0.2, 0) is 25.9 Å². The molecule has 10 heteroatoms. The second-order valence-corrected chi connectivity index (χ2v) is 15.8. The number of rotatable bonds is 14. The summed E-state index contributed by atoms with van der Waals surface area (Å²) in [7, 11) is -1.62. The molecule has 8 nitrogen and oxygen atoms in total. The lowest BCUT2D eigenvalue weighted by molar-refractivity contribution is -0.139. The fraction of sp³-hybridized carbons (Fsp3) is 0.588. The molecule has 0 spiro atoms. The molecule has 44 heavy (non-hydrogen) atoms. The Morgan fingerprint density at radius 2 is 1.84 bits per heavy atom. The smallest absolute Gasteiger partial charge is 0.326 e. The summed E-state index contributed by atoms with van der Waals surface area (Å²) in [6.45, 7) is 4.38. The Balaban J connectivity index is 0.00000529. The molecule has 1 aliphatic heterocycles. The molecule has 1 saturated carbocycles. The lowest BCUT2D eigenvalue weighted by Gasteiger charge is -2.25.